The predicted octanol–water partition coefficient (Wildman–Crippen LogP) is 4.46. The highest BCUT2D eigenvalue weighted by atomic mass is 19.1. The van der Waals surface area contributed by atoms with E-state index in [4.69, 9.17) is 18.9 Å². The second kappa shape index (κ2) is 16.2. The minimum absolute atomic E-state index is 0.00548. The molecule has 4 amide bonds. The molecule has 2 atom stereocenters. The lowest BCUT2D eigenvalue weighted by molar-refractivity contribution is -0.139. The fraction of sp³-hybridized carbons (Fsp3) is 0.421. The number of nitrogens with zero attached hydrogens (tertiary/aromatic N) is 2. The van der Waals surface area contributed by atoms with Crippen molar-refractivity contribution >= 4 is 23.6 Å². The van der Waals surface area contributed by atoms with Crippen molar-refractivity contribution < 1.29 is 42.5 Å². The normalized spacial score (nSPS) is 20.1. The molecule has 1 aliphatic carbocycles. The van der Waals surface area contributed by atoms with E-state index in [9.17, 15) is 23.6 Å². The minimum atomic E-state index is -0.633. The summed E-state index contributed by atoms with van der Waals surface area (Å²) in [6, 6.07) is 15.0. The molecule has 6 rings (SSSR count). The first-order chi connectivity index (χ1) is 24.6. The summed E-state index contributed by atoms with van der Waals surface area (Å²) < 4.78 is 38.1. The second-order valence-corrected chi connectivity index (χ2v) is 13.2. The lowest BCUT2D eigenvalue weighted by Crippen LogP contribution is -2.58. The molecule has 0 unspecified atom stereocenters. The molecule has 2 N–H and O–H groups in total. The van der Waals surface area contributed by atoms with Gasteiger partial charge in [-0.15, -0.1) is 0 Å². The zero-order valence-corrected chi connectivity index (χ0v) is 28.8. The van der Waals surface area contributed by atoms with Crippen molar-refractivity contribution in [3.05, 3.63) is 83.2 Å². The van der Waals surface area contributed by atoms with Crippen molar-refractivity contribution in [3.63, 3.8) is 0 Å². The number of nitrogens with one attached hydrogen (secondary N) is 2. The molecule has 13 heteroatoms. The van der Waals surface area contributed by atoms with Gasteiger partial charge < -0.3 is 39.4 Å². The average Bonchev–Trinajstić information content (AvgIpc) is 3.12. The fourth-order valence-corrected chi connectivity index (χ4v) is 6.71. The van der Waals surface area contributed by atoms with Gasteiger partial charge in [-0.05, 0) is 67.3 Å². The minimum Gasteiger partial charge on any atom is -0.497 e. The van der Waals surface area contributed by atoms with E-state index in [1.54, 1.807) is 42.3 Å². The lowest BCUT2D eigenvalue weighted by Gasteiger charge is -2.39. The molecule has 3 aliphatic rings. The van der Waals surface area contributed by atoms with E-state index < -0.39 is 29.8 Å². The van der Waals surface area contributed by atoms with Crippen LogP contribution < -0.4 is 24.8 Å². The van der Waals surface area contributed by atoms with Crippen LogP contribution >= 0.6 is 0 Å². The Bertz CT molecular complexity index is 1760. The van der Waals surface area contributed by atoms with E-state index in [0.29, 0.717) is 30.0 Å². The van der Waals surface area contributed by atoms with Crippen LogP contribution in [0.5, 0.6) is 23.0 Å². The van der Waals surface area contributed by atoms with Gasteiger partial charge in [0, 0.05) is 49.4 Å². The molecule has 4 bridgehead atoms. The highest BCUT2D eigenvalue weighted by Gasteiger charge is 2.34. The SMILES string of the molecule is COc1cccc(OCC(=O)N2CC[C@@H]3OCc4cc(F)cc(c4)Oc4cc(C(=O)NC5CCCCC5)cc(c4)C(=O)N(C)CC(=O)N[C@@H]3C2)c1. The fourth-order valence-electron chi connectivity index (χ4n) is 6.71. The number of piperidine rings is 1. The smallest absolute Gasteiger partial charge is 0.260 e. The number of halogens is 1. The van der Waals surface area contributed by atoms with Crippen molar-refractivity contribution in [2.45, 2.75) is 63.3 Å². The number of carbonyl (C=O) groups excluding carboxylic acids is 4. The summed E-state index contributed by atoms with van der Waals surface area (Å²) in [6.45, 7) is -0.0340. The molecule has 0 aromatic heterocycles. The summed E-state index contributed by atoms with van der Waals surface area (Å²) in [5.74, 6) is -0.751. The maximum atomic E-state index is 14.9. The Hall–Kier alpha value is -5.17. The van der Waals surface area contributed by atoms with Crippen LogP contribution in [0.3, 0.4) is 0 Å². The summed E-state index contributed by atoms with van der Waals surface area (Å²) in [7, 11) is 3.03. The van der Waals surface area contributed by atoms with Crippen LogP contribution in [-0.2, 0) is 20.9 Å². The van der Waals surface area contributed by atoms with Crippen LogP contribution in [-0.4, -0.2) is 92.0 Å². The third-order valence-corrected chi connectivity index (χ3v) is 9.37. The van der Waals surface area contributed by atoms with E-state index in [1.165, 1.54) is 42.3 Å². The van der Waals surface area contributed by atoms with E-state index in [1.807, 2.05) is 0 Å². The number of likely N-dealkylation sites (N-methyl/N-ethyl adjacent to an activating group) is 1. The number of rotatable bonds is 6. The Morgan fingerprint density at radius 2 is 1.76 bits per heavy atom. The molecule has 2 heterocycles. The molecular formula is C38H43FN4O8. The summed E-state index contributed by atoms with van der Waals surface area (Å²) >= 11 is 0. The van der Waals surface area contributed by atoms with Gasteiger partial charge in [-0.25, -0.2) is 4.39 Å². The first-order valence-corrected chi connectivity index (χ1v) is 17.3. The number of methoxy groups -OCH3 is 1. The molecule has 2 aliphatic heterocycles. The quantitative estimate of drug-likeness (QED) is 0.385. The predicted molar refractivity (Wildman–Crippen MR) is 184 cm³/mol. The molecule has 2 fully saturated rings. The Morgan fingerprint density at radius 3 is 2.57 bits per heavy atom. The molecule has 0 radical (unpaired) electrons. The van der Waals surface area contributed by atoms with Crippen LogP contribution in [0.1, 0.15) is 64.8 Å². The Balaban J connectivity index is 1.22. The molecule has 1 saturated carbocycles. The van der Waals surface area contributed by atoms with Crippen molar-refractivity contribution in [2.24, 2.45) is 0 Å². The molecule has 3 aromatic carbocycles. The van der Waals surface area contributed by atoms with Gasteiger partial charge in [0.2, 0.25) is 5.91 Å². The lowest BCUT2D eigenvalue weighted by atomic mass is 9.95. The second-order valence-electron chi connectivity index (χ2n) is 13.2. The molecule has 51 heavy (non-hydrogen) atoms. The van der Waals surface area contributed by atoms with Crippen LogP contribution in [0.25, 0.3) is 0 Å². The topological polar surface area (TPSA) is 136 Å². The standard InChI is InChI=1S/C38H43FN4O8/c1-42-21-35(44)41-33-20-43(36(45)23-49-30-10-6-9-29(19-30)48-2)12-11-34(33)50-22-24-13-27(39)18-31(14-24)51-32-16-25(15-26(17-32)38(42)47)37(46)40-28-7-4-3-5-8-28/h6,9-10,13-19,28,33-34H,3-5,7-8,11-12,20-23H2,1-2H3,(H,40,46)(H,41,44)/t33-,34+/m1/s1. The zero-order valence-electron chi connectivity index (χ0n) is 28.8. The number of hydrogen-bond acceptors (Lipinski definition) is 8. The van der Waals surface area contributed by atoms with Gasteiger partial charge >= 0.3 is 0 Å². The van der Waals surface area contributed by atoms with Crippen LogP contribution in [0, 0.1) is 5.82 Å². The maximum Gasteiger partial charge on any atom is 0.260 e. The van der Waals surface area contributed by atoms with Crippen molar-refractivity contribution in [2.75, 3.05) is 40.4 Å². The average molecular weight is 703 g/mol. The van der Waals surface area contributed by atoms with E-state index in [2.05, 4.69) is 10.6 Å². The van der Waals surface area contributed by atoms with Gasteiger partial charge in [0.25, 0.3) is 17.7 Å². The van der Waals surface area contributed by atoms with Gasteiger partial charge in [0.05, 0.1) is 32.4 Å². The highest BCUT2D eigenvalue weighted by Crippen LogP contribution is 2.29. The number of amides is 4. The molecule has 1 saturated heterocycles. The third kappa shape index (κ3) is 9.34. The number of likely N-dealkylation sites (tertiary alicyclic amines) is 1. The summed E-state index contributed by atoms with van der Waals surface area (Å²) in [4.78, 5) is 56.5. The Kier molecular flexibility index (Phi) is 11.3. The van der Waals surface area contributed by atoms with Crippen LogP contribution in [0.2, 0.25) is 0 Å². The number of carbonyl (C=O) groups is 4. The molecule has 3 aromatic rings. The van der Waals surface area contributed by atoms with Gasteiger partial charge in [-0.2, -0.15) is 0 Å². The number of benzene rings is 3. The Morgan fingerprint density at radius 1 is 0.980 bits per heavy atom. The molecular weight excluding hydrogens is 659 g/mol. The molecule has 12 nitrogen and oxygen atoms in total. The third-order valence-electron chi connectivity index (χ3n) is 9.37. The monoisotopic (exact) mass is 702 g/mol. The van der Waals surface area contributed by atoms with Gasteiger partial charge in [0.15, 0.2) is 6.61 Å². The van der Waals surface area contributed by atoms with Crippen molar-refractivity contribution in [1.82, 2.24) is 20.4 Å². The van der Waals surface area contributed by atoms with E-state index >= 15 is 0 Å². The van der Waals surface area contributed by atoms with Crippen molar-refractivity contribution in [1.29, 1.82) is 0 Å². The van der Waals surface area contributed by atoms with E-state index in [0.717, 1.165) is 32.1 Å². The first kappa shape index (κ1) is 35.6. The van der Waals surface area contributed by atoms with E-state index in [-0.39, 0.29) is 66.8 Å². The largest absolute Gasteiger partial charge is 0.497 e. The Labute approximate surface area is 296 Å². The summed E-state index contributed by atoms with van der Waals surface area (Å²) in [6.07, 6.45) is 4.83. The molecule has 270 valence electrons. The summed E-state index contributed by atoms with van der Waals surface area (Å²) in [5, 5.41) is 6.02. The van der Waals surface area contributed by atoms with Crippen LogP contribution in [0.4, 0.5) is 4.39 Å². The summed E-state index contributed by atoms with van der Waals surface area (Å²) in [5.41, 5.74) is 0.826. The zero-order chi connectivity index (χ0) is 35.9. The highest BCUT2D eigenvalue weighted by molar-refractivity contribution is 6.01. The maximum absolute atomic E-state index is 14.9. The number of hydrogen-bond donors (Lipinski definition) is 2. The molecule has 0 spiro atoms. The van der Waals surface area contributed by atoms with Crippen molar-refractivity contribution in [3.8, 4) is 23.0 Å². The number of ether oxygens (including phenoxy) is 4. The number of fused-ring (bicyclic) bond motifs is 5. The first-order valence-electron chi connectivity index (χ1n) is 17.3. The van der Waals surface area contributed by atoms with Gasteiger partial charge in [-0.1, -0.05) is 25.3 Å². The van der Waals surface area contributed by atoms with Gasteiger partial charge in [0.1, 0.15) is 28.8 Å². The van der Waals surface area contributed by atoms with Gasteiger partial charge in [-0.3, -0.25) is 19.2 Å². The van der Waals surface area contributed by atoms with Crippen LogP contribution in [0.15, 0.2) is 60.7 Å².